The zero-order chi connectivity index (χ0) is 13.3. The number of nitrogens with zero attached hydrogens (tertiary/aromatic N) is 1. The Labute approximate surface area is 127 Å². The number of aryl methyl sites for hydroxylation is 1. The van der Waals surface area contributed by atoms with Crippen molar-refractivity contribution in [2.45, 2.75) is 13.3 Å². The Hall–Kier alpha value is -0.590. The fourth-order valence-corrected chi connectivity index (χ4v) is 3.80. The molecule has 18 heavy (non-hydrogen) atoms. The second kappa shape index (κ2) is 5.59. The molecule has 0 aliphatic rings. The minimum Gasteiger partial charge on any atom is -0.496 e. The van der Waals surface area contributed by atoms with Gasteiger partial charge in [-0.25, -0.2) is 4.98 Å². The predicted molar refractivity (Wildman–Crippen MR) is 82.5 cm³/mol. The van der Waals surface area contributed by atoms with E-state index in [2.05, 4.69) is 36.8 Å². The Kier molecular flexibility index (Phi) is 4.29. The Morgan fingerprint density at radius 2 is 2.06 bits per heavy atom. The Morgan fingerprint density at radius 3 is 2.61 bits per heavy atom. The van der Waals surface area contributed by atoms with Crippen LogP contribution >= 0.6 is 43.2 Å². The van der Waals surface area contributed by atoms with E-state index in [1.807, 2.05) is 19.1 Å². The molecule has 2 aromatic rings. The normalized spacial score (nSPS) is 10.7. The lowest BCUT2D eigenvalue weighted by Crippen LogP contribution is -1.93. The van der Waals surface area contributed by atoms with Crippen molar-refractivity contribution in [3.63, 3.8) is 0 Å². The van der Waals surface area contributed by atoms with Crippen molar-refractivity contribution < 1.29 is 4.74 Å². The number of benzene rings is 1. The molecule has 0 radical (unpaired) electrons. The van der Waals surface area contributed by atoms with E-state index in [1.54, 1.807) is 7.11 Å². The molecule has 1 heterocycles. The van der Waals surface area contributed by atoms with Gasteiger partial charge in [-0.1, -0.05) is 15.9 Å². The molecule has 0 spiro atoms. The third-order valence-electron chi connectivity index (χ3n) is 2.58. The predicted octanol–water partition coefficient (Wildman–Crippen LogP) is 4.16. The number of thiazole rings is 1. The third-order valence-corrected chi connectivity index (χ3v) is 4.93. The molecular weight excluding hydrogens is 380 g/mol. The SMILES string of the molecule is COc1cc(Cc2sc(N)nc2C)c(Br)cc1Br. The van der Waals surface area contributed by atoms with Crippen LogP contribution in [0, 0.1) is 6.92 Å². The molecule has 2 N–H and O–H groups in total. The Balaban J connectivity index is 2.37. The number of aromatic nitrogens is 1. The summed E-state index contributed by atoms with van der Waals surface area (Å²) in [7, 11) is 1.66. The van der Waals surface area contributed by atoms with Gasteiger partial charge in [-0.3, -0.25) is 0 Å². The Bertz CT molecular complexity index is 584. The average Bonchev–Trinajstić information content (AvgIpc) is 2.61. The summed E-state index contributed by atoms with van der Waals surface area (Å²) in [6.07, 6.45) is 0.797. The van der Waals surface area contributed by atoms with Crippen LogP contribution in [0.15, 0.2) is 21.1 Å². The van der Waals surface area contributed by atoms with Crippen LogP contribution in [-0.2, 0) is 6.42 Å². The highest BCUT2D eigenvalue weighted by Gasteiger charge is 2.11. The number of nitrogens with two attached hydrogens (primary N) is 1. The van der Waals surface area contributed by atoms with E-state index < -0.39 is 0 Å². The van der Waals surface area contributed by atoms with Crippen molar-refractivity contribution >= 4 is 48.3 Å². The average molecular weight is 392 g/mol. The fourth-order valence-electron chi connectivity index (χ4n) is 1.65. The highest BCUT2D eigenvalue weighted by molar-refractivity contribution is 9.11. The molecule has 0 bridgehead atoms. The number of hydrogen-bond acceptors (Lipinski definition) is 4. The highest BCUT2D eigenvalue weighted by atomic mass is 79.9. The van der Waals surface area contributed by atoms with E-state index in [4.69, 9.17) is 10.5 Å². The number of ether oxygens (including phenoxy) is 1. The van der Waals surface area contributed by atoms with Gasteiger partial charge in [-0.05, 0) is 40.5 Å². The number of halogens is 2. The monoisotopic (exact) mass is 390 g/mol. The number of anilines is 1. The van der Waals surface area contributed by atoms with Crippen molar-refractivity contribution in [3.05, 3.63) is 37.2 Å². The van der Waals surface area contributed by atoms with Gasteiger partial charge in [0, 0.05) is 15.8 Å². The van der Waals surface area contributed by atoms with E-state index >= 15 is 0 Å². The first-order valence-electron chi connectivity index (χ1n) is 5.25. The molecule has 3 nitrogen and oxygen atoms in total. The molecule has 0 saturated carbocycles. The standard InChI is InChI=1S/C12H12Br2N2OS/c1-6-11(18-12(15)16-6)4-7-3-10(17-2)9(14)5-8(7)13/h3,5H,4H2,1-2H3,(H2,15,16). The summed E-state index contributed by atoms with van der Waals surface area (Å²) in [5, 5.41) is 0.614. The molecule has 0 aliphatic heterocycles. The molecule has 0 amide bonds. The molecule has 96 valence electrons. The van der Waals surface area contributed by atoms with Gasteiger partial charge in [0.15, 0.2) is 5.13 Å². The van der Waals surface area contributed by atoms with Crippen molar-refractivity contribution in [2.75, 3.05) is 12.8 Å². The number of hydrogen-bond donors (Lipinski definition) is 1. The molecule has 1 aromatic carbocycles. The minimum atomic E-state index is 0.614. The van der Waals surface area contributed by atoms with Gasteiger partial charge in [-0.15, -0.1) is 11.3 Å². The first-order chi connectivity index (χ1) is 8.51. The molecule has 0 saturated heterocycles. The smallest absolute Gasteiger partial charge is 0.180 e. The lowest BCUT2D eigenvalue weighted by atomic mass is 10.1. The molecule has 0 aliphatic carbocycles. The zero-order valence-corrected chi connectivity index (χ0v) is 13.9. The van der Waals surface area contributed by atoms with Crippen molar-refractivity contribution in [2.24, 2.45) is 0 Å². The summed E-state index contributed by atoms with van der Waals surface area (Å²) >= 11 is 8.56. The van der Waals surface area contributed by atoms with E-state index in [1.165, 1.54) is 16.2 Å². The first-order valence-corrected chi connectivity index (χ1v) is 7.65. The highest BCUT2D eigenvalue weighted by Crippen LogP contribution is 2.34. The summed E-state index contributed by atoms with van der Waals surface area (Å²) in [6, 6.07) is 4.01. The third kappa shape index (κ3) is 2.87. The summed E-state index contributed by atoms with van der Waals surface area (Å²) in [5.41, 5.74) is 7.86. The van der Waals surface area contributed by atoms with Crippen LogP contribution in [0.4, 0.5) is 5.13 Å². The van der Waals surface area contributed by atoms with Gasteiger partial charge >= 0.3 is 0 Å². The van der Waals surface area contributed by atoms with Crippen LogP contribution in [0.2, 0.25) is 0 Å². The van der Waals surface area contributed by atoms with Gasteiger partial charge in [0.05, 0.1) is 17.3 Å². The number of methoxy groups -OCH3 is 1. The zero-order valence-electron chi connectivity index (χ0n) is 9.96. The second-order valence-electron chi connectivity index (χ2n) is 3.82. The fraction of sp³-hybridized carbons (Fsp3) is 0.250. The quantitative estimate of drug-likeness (QED) is 0.854. The van der Waals surface area contributed by atoms with Gasteiger partial charge in [0.2, 0.25) is 0 Å². The maximum absolute atomic E-state index is 5.71. The summed E-state index contributed by atoms with van der Waals surface area (Å²) < 4.78 is 7.28. The van der Waals surface area contributed by atoms with Crippen LogP contribution in [0.3, 0.4) is 0 Å². The lowest BCUT2D eigenvalue weighted by Gasteiger charge is -2.09. The van der Waals surface area contributed by atoms with Crippen molar-refractivity contribution in [1.29, 1.82) is 0 Å². The van der Waals surface area contributed by atoms with E-state index in [9.17, 15) is 0 Å². The van der Waals surface area contributed by atoms with Crippen molar-refractivity contribution in [1.82, 2.24) is 4.98 Å². The van der Waals surface area contributed by atoms with E-state index in [0.29, 0.717) is 5.13 Å². The molecular formula is C12H12Br2N2OS. The second-order valence-corrected chi connectivity index (χ2v) is 6.64. The largest absolute Gasteiger partial charge is 0.496 e. The maximum atomic E-state index is 5.71. The maximum Gasteiger partial charge on any atom is 0.180 e. The van der Waals surface area contributed by atoms with Gasteiger partial charge < -0.3 is 10.5 Å². The van der Waals surface area contributed by atoms with Crippen LogP contribution < -0.4 is 10.5 Å². The van der Waals surface area contributed by atoms with Crippen molar-refractivity contribution in [3.8, 4) is 5.75 Å². The lowest BCUT2D eigenvalue weighted by molar-refractivity contribution is 0.411. The van der Waals surface area contributed by atoms with E-state index in [-0.39, 0.29) is 0 Å². The first kappa shape index (κ1) is 13.8. The molecule has 1 aromatic heterocycles. The number of nitrogen functional groups attached to an aromatic ring is 1. The van der Waals surface area contributed by atoms with Gasteiger partial charge in [0.1, 0.15) is 5.75 Å². The minimum absolute atomic E-state index is 0.614. The van der Waals surface area contributed by atoms with Gasteiger partial charge in [0.25, 0.3) is 0 Å². The summed E-state index contributed by atoms with van der Waals surface area (Å²) in [6.45, 7) is 1.98. The molecule has 6 heteroatoms. The summed E-state index contributed by atoms with van der Waals surface area (Å²) in [4.78, 5) is 5.42. The van der Waals surface area contributed by atoms with E-state index in [0.717, 1.165) is 32.4 Å². The molecule has 0 atom stereocenters. The number of rotatable bonds is 3. The molecule has 0 fully saturated rings. The van der Waals surface area contributed by atoms with Crippen LogP contribution in [-0.4, -0.2) is 12.1 Å². The van der Waals surface area contributed by atoms with Crippen LogP contribution in [0.5, 0.6) is 5.75 Å². The van der Waals surface area contributed by atoms with Crippen LogP contribution in [0.1, 0.15) is 16.1 Å². The summed E-state index contributed by atoms with van der Waals surface area (Å²) in [5.74, 6) is 0.823. The molecule has 2 rings (SSSR count). The topological polar surface area (TPSA) is 48.1 Å². The van der Waals surface area contributed by atoms with Gasteiger partial charge in [-0.2, -0.15) is 0 Å². The van der Waals surface area contributed by atoms with Crippen LogP contribution in [0.25, 0.3) is 0 Å². The Morgan fingerprint density at radius 1 is 1.33 bits per heavy atom. The molecule has 0 unspecified atom stereocenters.